The van der Waals surface area contributed by atoms with Gasteiger partial charge >= 0.3 is 0 Å². The van der Waals surface area contributed by atoms with E-state index in [4.69, 9.17) is 9.47 Å². The number of anilines is 2. The Hall–Kier alpha value is -2.54. The molecule has 0 aromatic heterocycles. The second kappa shape index (κ2) is 7.14. The number of rotatable bonds is 4. The zero-order valence-corrected chi connectivity index (χ0v) is 15.3. The first-order valence-corrected chi connectivity index (χ1v) is 8.56. The fraction of sp³-hybridized carbons (Fsp3) is 0.222. The standard InChI is InChI=1S/C18H17BrN2O4/c1-10(24-14-6-3-12(19)4-7-14)17(22)20-13-5-8-16-15(9-13)21-18(23)11(2)25-16/h3-11H,1-2H3,(H,20,22)(H,21,23)/t10-,11+/m0/s1. The van der Waals surface area contributed by atoms with Gasteiger partial charge in [-0.05, 0) is 56.3 Å². The highest BCUT2D eigenvalue weighted by Crippen LogP contribution is 2.32. The van der Waals surface area contributed by atoms with E-state index < -0.39 is 12.2 Å². The lowest BCUT2D eigenvalue weighted by Gasteiger charge is -2.24. The molecule has 0 spiro atoms. The molecule has 2 N–H and O–H groups in total. The normalized spacial score (nSPS) is 16.9. The van der Waals surface area contributed by atoms with E-state index in [1.165, 1.54) is 0 Å². The molecule has 0 fully saturated rings. The number of amides is 2. The van der Waals surface area contributed by atoms with E-state index in [2.05, 4.69) is 26.6 Å². The fourth-order valence-corrected chi connectivity index (χ4v) is 2.57. The Morgan fingerprint density at radius 1 is 1.28 bits per heavy atom. The van der Waals surface area contributed by atoms with Crippen LogP contribution in [0.4, 0.5) is 11.4 Å². The molecule has 0 unspecified atom stereocenters. The van der Waals surface area contributed by atoms with Crippen molar-refractivity contribution in [2.24, 2.45) is 0 Å². The van der Waals surface area contributed by atoms with E-state index in [0.29, 0.717) is 22.9 Å². The summed E-state index contributed by atoms with van der Waals surface area (Å²) in [4.78, 5) is 24.0. The summed E-state index contributed by atoms with van der Waals surface area (Å²) in [6.07, 6.45) is -1.21. The molecule has 2 aromatic rings. The summed E-state index contributed by atoms with van der Waals surface area (Å²) in [5.41, 5.74) is 1.08. The van der Waals surface area contributed by atoms with Gasteiger partial charge in [0.25, 0.3) is 11.8 Å². The van der Waals surface area contributed by atoms with Crippen LogP contribution in [-0.2, 0) is 9.59 Å². The van der Waals surface area contributed by atoms with Gasteiger partial charge in [-0.3, -0.25) is 9.59 Å². The predicted molar refractivity (Wildman–Crippen MR) is 98.0 cm³/mol. The number of hydrogen-bond acceptors (Lipinski definition) is 4. The van der Waals surface area contributed by atoms with Crippen molar-refractivity contribution in [2.45, 2.75) is 26.1 Å². The molecule has 130 valence electrons. The number of fused-ring (bicyclic) bond motifs is 1. The van der Waals surface area contributed by atoms with Gasteiger partial charge in [0.05, 0.1) is 5.69 Å². The molecule has 0 radical (unpaired) electrons. The van der Waals surface area contributed by atoms with Gasteiger partial charge in [0.1, 0.15) is 11.5 Å². The van der Waals surface area contributed by atoms with Crippen LogP contribution in [0.1, 0.15) is 13.8 Å². The molecular formula is C18H17BrN2O4. The van der Waals surface area contributed by atoms with Crippen molar-refractivity contribution in [3.05, 3.63) is 46.9 Å². The van der Waals surface area contributed by atoms with Crippen LogP contribution in [0, 0.1) is 0 Å². The summed E-state index contributed by atoms with van der Waals surface area (Å²) in [6.45, 7) is 3.34. The van der Waals surface area contributed by atoms with Crippen molar-refractivity contribution in [1.82, 2.24) is 0 Å². The van der Waals surface area contributed by atoms with Gasteiger partial charge in [0, 0.05) is 10.2 Å². The third-order valence-electron chi connectivity index (χ3n) is 3.67. The van der Waals surface area contributed by atoms with Crippen LogP contribution in [0.25, 0.3) is 0 Å². The second-order valence-electron chi connectivity index (χ2n) is 5.66. The van der Waals surface area contributed by atoms with Gasteiger partial charge in [-0.1, -0.05) is 15.9 Å². The van der Waals surface area contributed by atoms with Crippen LogP contribution in [0.2, 0.25) is 0 Å². The van der Waals surface area contributed by atoms with Crippen molar-refractivity contribution >= 4 is 39.1 Å². The third-order valence-corrected chi connectivity index (χ3v) is 4.20. The molecule has 0 aliphatic carbocycles. The number of ether oxygens (including phenoxy) is 2. The molecule has 6 nitrogen and oxygen atoms in total. The zero-order valence-electron chi connectivity index (χ0n) is 13.7. The maximum Gasteiger partial charge on any atom is 0.265 e. The molecule has 2 atom stereocenters. The first-order valence-electron chi connectivity index (χ1n) is 7.77. The van der Waals surface area contributed by atoms with E-state index in [-0.39, 0.29) is 11.8 Å². The maximum absolute atomic E-state index is 12.3. The van der Waals surface area contributed by atoms with E-state index >= 15 is 0 Å². The SMILES string of the molecule is C[C@H](Oc1ccc(Br)cc1)C(=O)Nc1ccc2c(c1)NC(=O)[C@@H](C)O2. The van der Waals surface area contributed by atoms with Gasteiger partial charge in [-0.2, -0.15) is 0 Å². The van der Waals surface area contributed by atoms with Crippen molar-refractivity contribution in [1.29, 1.82) is 0 Å². The predicted octanol–water partition coefficient (Wildman–Crippen LogP) is 3.57. The van der Waals surface area contributed by atoms with Gasteiger partial charge in [-0.15, -0.1) is 0 Å². The topological polar surface area (TPSA) is 76.7 Å². The molecular weight excluding hydrogens is 388 g/mol. The number of halogens is 1. The Labute approximate surface area is 153 Å². The molecule has 2 amide bonds. The maximum atomic E-state index is 12.3. The number of hydrogen-bond donors (Lipinski definition) is 2. The lowest BCUT2D eigenvalue weighted by molar-refractivity contribution is -0.123. The second-order valence-corrected chi connectivity index (χ2v) is 6.58. The largest absolute Gasteiger partial charge is 0.481 e. The third kappa shape index (κ3) is 4.11. The van der Waals surface area contributed by atoms with Crippen LogP contribution in [0.3, 0.4) is 0 Å². The van der Waals surface area contributed by atoms with Crippen LogP contribution in [-0.4, -0.2) is 24.0 Å². The quantitative estimate of drug-likeness (QED) is 0.816. The van der Waals surface area contributed by atoms with E-state index in [1.807, 2.05) is 12.1 Å². The monoisotopic (exact) mass is 404 g/mol. The minimum atomic E-state index is -0.678. The minimum Gasteiger partial charge on any atom is -0.481 e. The molecule has 2 aromatic carbocycles. The summed E-state index contributed by atoms with van der Waals surface area (Å²) in [5.74, 6) is 0.664. The summed E-state index contributed by atoms with van der Waals surface area (Å²) < 4.78 is 12.0. The number of carbonyl (C=O) groups is 2. The highest BCUT2D eigenvalue weighted by Gasteiger charge is 2.24. The molecule has 25 heavy (non-hydrogen) atoms. The molecule has 1 aliphatic heterocycles. The highest BCUT2D eigenvalue weighted by atomic mass is 79.9. The summed E-state index contributed by atoms with van der Waals surface area (Å²) in [5, 5.41) is 5.52. The lowest BCUT2D eigenvalue weighted by Crippen LogP contribution is -2.34. The fourth-order valence-electron chi connectivity index (χ4n) is 2.30. The lowest BCUT2D eigenvalue weighted by atomic mass is 10.2. The summed E-state index contributed by atoms with van der Waals surface area (Å²) in [7, 11) is 0. The number of nitrogens with one attached hydrogen (secondary N) is 2. The van der Waals surface area contributed by atoms with E-state index in [1.54, 1.807) is 44.2 Å². The Kier molecular flexibility index (Phi) is 4.94. The number of benzene rings is 2. The van der Waals surface area contributed by atoms with Crippen molar-refractivity contribution in [3.8, 4) is 11.5 Å². The van der Waals surface area contributed by atoms with Crippen molar-refractivity contribution in [2.75, 3.05) is 10.6 Å². The molecule has 1 heterocycles. The Bertz CT molecular complexity index is 807. The van der Waals surface area contributed by atoms with Crippen LogP contribution in [0.5, 0.6) is 11.5 Å². The Balaban J connectivity index is 1.65. The molecule has 1 aliphatic rings. The van der Waals surface area contributed by atoms with Gasteiger partial charge < -0.3 is 20.1 Å². The Morgan fingerprint density at radius 3 is 2.72 bits per heavy atom. The van der Waals surface area contributed by atoms with Crippen molar-refractivity contribution in [3.63, 3.8) is 0 Å². The van der Waals surface area contributed by atoms with Crippen molar-refractivity contribution < 1.29 is 19.1 Å². The van der Waals surface area contributed by atoms with Gasteiger partial charge in [0.2, 0.25) is 0 Å². The molecule has 0 saturated heterocycles. The minimum absolute atomic E-state index is 0.220. The molecule has 0 bridgehead atoms. The van der Waals surface area contributed by atoms with Gasteiger partial charge in [0.15, 0.2) is 12.2 Å². The zero-order chi connectivity index (χ0) is 18.0. The molecule has 3 rings (SSSR count). The molecule has 7 heteroatoms. The smallest absolute Gasteiger partial charge is 0.265 e. The van der Waals surface area contributed by atoms with Gasteiger partial charge in [-0.25, -0.2) is 0 Å². The average Bonchev–Trinajstić information content (AvgIpc) is 2.58. The first kappa shape index (κ1) is 17.3. The summed E-state index contributed by atoms with van der Waals surface area (Å²) in [6, 6.07) is 12.3. The van der Waals surface area contributed by atoms with E-state index in [9.17, 15) is 9.59 Å². The van der Waals surface area contributed by atoms with Crippen LogP contribution in [0.15, 0.2) is 46.9 Å². The van der Waals surface area contributed by atoms with Crippen LogP contribution >= 0.6 is 15.9 Å². The average molecular weight is 405 g/mol. The van der Waals surface area contributed by atoms with Crippen LogP contribution < -0.4 is 20.1 Å². The first-order chi connectivity index (χ1) is 11.9. The molecule has 0 saturated carbocycles. The Morgan fingerprint density at radius 2 is 2.00 bits per heavy atom. The number of carbonyl (C=O) groups excluding carboxylic acids is 2. The van der Waals surface area contributed by atoms with E-state index in [0.717, 1.165) is 4.47 Å². The highest BCUT2D eigenvalue weighted by molar-refractivity contribution is 9.10. The summed E-state index contributed by atoms with van der Waals surface area (Å²) >= 11 is 3.35.